The first-order valence-corrected chi connectivity index (χ1v) is 6.45. The van der Waals surface area contributed by atoms with Crippen LogP contribution in [0.2, 0.25) is 0 Å². The van der Waals surface area contributed by atoms with Gasteiger partial charge >= 0.3 is 0 Å². The lowest BCUT2D eigenvalue weighted by molar-refractivity contribution is 0.0421. The van der Waals surface area contributed by atoms with E-state index in [4.69, 9.17) is 9.47 Å². The number of ether oxygens (including phenoxy) is 2. The van der Waals surface area contributed by atoms with Gasteiger partial charge in [0.2, 0.25) is 0 Å². The van der Waals surface area contributed by atoms with Gasteiger partial charge in [0.25, 0.3) is 0 Å². The molecule has 0 N–H and O–H groups in total. The maximum absolute atomic E-state index is 5.68. The predicted molar refractivity (Wildman–Crippen MR) is 64.6 cm³/mol. The average Bonchev–Trinajstić information content (AvgIpc) is 2.91. The van der Waals surface area contributed by atoms with Crippen molar-refractivity contribution in [3.8, 4) is 0 Å². The summed E-state index contributed by atoms with van der Waals surface area (Å²) in [7, 11) is 0. The van der Waals surface area contributed by atoms with Gasteiger partial charge in [0.1, 0.15) is 0 Å². The molecule has 16 heavy (non-hydrogen) atoms. The fourth-order valence-electron chi connectivity index (χ4n) is 2.56. The van der Waals surface area contributed by atoms with Crippen LogP contribution >= 0.6 is 0 Å². The van der Waals surface area contributed by atoms with Crippen LogP contribution in [0.25, 0.3) is 0 Å². The first kappa shape index (κ1) is 12.1. The Balaban J connectivity index is 1.75. The van der Waals surface area contributed by atoms with E-state index < -0.39 is 0 Å². The molecule has 2 aliphatic rings. The quantitative estimate of drug-likeness (QED) is 0.644. The molecule has 2 heterocycles. The van der Waals surface area contributed by atoms with Gasteiger partial charge < -0.3 is 9.47 Å². The van der Waals surface area contributed by atoms with Gasteiger partial charge in [0, 0.05) is 32.8 Å². The molecule has 3 heteroatoms. The van der Waals surface area contributed by atoms with E-state index in [1.54, 1.807) is 0 Å². The van der Waals surface area contributed by atoms with Gasteiger partial charge in [0.15, 0.2) is 0 Å². The van der Waals surface area contributed by atoms with Gasteiger partial charge in [-0.1, -0.05) is 6.08 Å². The summed E-state index contributed by atoms with van der Waals surface area (Å²) in [6.45, 7) is 8.71. The van der Waals surface area contributed by atoms with Crippen LogP contribution in [0.5, 0.6) is 0 Å². The van der Waals surface area contributed by atoms with Crippen molar-refractivity contribution in [2.75, 3.05) is 32.8 Å². The smallest absolute Gasteiger partial charge is 0.0702 e. The van der Waals surface area contributed by atoms with Crippen LogP contribution in [-0.4, -0.2) is 50.0 Å². The van der Waals surface area contributed by atoms with E-state index in [0.717, 1.165) is 32.8 Å². The zero-order valence-corrected chi connectivity index (χ0v) is 10.1. The topological polar surface area (TPSA) is 21.7 Å². The second kappa shape index (κ2) is 6.38. The Morgan fingerprint density at radius 2 is 1.62 bits per heavy atom. The lowest BCUT2D eigenvalue weighted by atomic mass is 10.2. The number of nitrogens with zero attached hydrogens (tertiary/aromatic N) is 1. The molecule has 0 saturated carbocycles. The number of rotatable bonds is 6. The Bertz CT molecular complexity index is 190. The molecule has 0 radical (unpaired) electrons. The molecule has 2 saturated heterocycles. The summed E-state index contributed by atoms with van der Waals surface area (Å²) in [4.78, 5) is 2.42. The van der Waals surface area contributed by atoms with Crippen LogP contribution < -0.4 is 0 Å². The molecule has 0 aromatic heterocycles. The van der Waals surface area contributed by atoms with E-state index in [9.17, 15) is 0 Å². The summed E-state index contributed by atoms with van der Waals surface area (Å²) in [5.41, 5.74) is 0. The second-order valence-corrected chi connectivity index (χ2v) is 4.78. The highest BCUT2D eigenvalue weighted by atomic mass is 16.5. The first-order chi connectivity index (χ1) is 7.88. The summed E-state index contributed by atoms with van der Waals surface area (Å²) in [6.07, 6.45) is 7.68. The monoisotopic (exact) mass is 225 g/mol. The lowest BCUT2D eigenvalue weighted by Crippen LogP contribution is -2.37. The van der Waals surface area contributed by atoms with E-state index in [-0.39, 0.29) is 0 Å². The Kier molecular flexibility index (Phi) is 4.82. The van der Waals surface area contributed by atoms with Crippen molar-refractivity contribution >= 4 is 0 Å². The van der Waals surface area contributed by atoms with E-state index in [2.05, 4.69) is 11.5 Å². The molecule has 2 fully saturated rings. The van der Waals surface area contributed by atoms with Gasteiger partial charge in [-0.15, -0.1) is 6.58 Å². The zero-order valence-electron chi connectivity index (χ0n) is 10.1. The fraction of sp³-hybridized carbons (Fsp3) is 0.846. The van der Waals surface area contributed by atoms with Gasteiger partial charge in [0.05, 0.1) is 12.2 Å². The minimum atomic E-state index is 0.432. The summed E-state index contributed by atoms with van der Waals surface area (Å²) in [6, 6.07) is 0. The Hall–Kier alpha value is -0.380. The third kappa shape index (κ3) is 3.58. The Labute approximate surface area is 98.4 Å². The van der Waals surface area contributed by atoms with E-state index in [1.807, 2.05) is 6.08 Å². The number of hydrogen-bond donors (Lipinski definition) is 0. The van der Waals surface area contributed by atoms with E-state index in [0.29, 0.717) is 12.2 Å². The maximum Gasteiger partial charge on any atom is 0.0702 e. The highest BCUT2D eigenvalue weighted by molar-refractivity contribution is 4.80. The van der Waals surface area contributed by atoms with Crippen molar-refractivity contribution in [2.24, 2.45) is 0 Å². The molecule has 0 aromatic carbocycles. The third-order valence-corrected chi connectivity index (χ3v) is 3.36. The van der Waals surface area contributed by atoms with Crippen LogP contribution in [0.15, 0.2) is 12.7 Å². The van der Waals surface area contributed by atoms with Crippen molar-refractivity contribution in [1.29, 1.82) is 0 Å². The second-order valence-electron chi connectivity index (χ2n) is 4.78. The number of hydrogen-bond acceptors (Lipinski definition) is 3. The maximum atomic E-state index is 5.68. The molecule has 2 aliphatic heterocycles. The van der Waals surface area contributed by atoms with Crippen LogP contribution in [0.1, 0.15) is 25.7 Å². The Morgan fingerprint density at radius 3 is 2.00 bits per heavy atom. The summed E-state index contributed by atoms with van der Waals surface area (Å²) in [5.74, 6) is 0. The standard InChI is InChI=1S/C13H23NO2/c1-2-7-14(10-12-5-3-8-15-12)11-13-6-4-9-16-13/h2,12-13H,1,3-11H2/t12-,13-/m0/s1. The molecule has 92 valence electrons. The normalized spacial score (nSPS) is 30.1. The van der Waals surface area contributed by atoms with Gasteiger partial charge in [-0.2, -0.15) is 0 Å². The van der Waals surface area contributed by atoms with E-state index >= 15 is 0 Å². The van der Waals surface area contributed by atoms with Gasteiger partial charge in [-0.05, 0) is 25.7 Å². The fourth-order valence-corrected chi connectivity index (χ4v) is 2.56. The van der Waals surface area contributed by atoms with Crippen molar-refractivity contribution in [1.82, 2.24) is 4.90 Å². The molecule has 0 aliphatic carbocycles. The molecule has 0 spiro atoms. The summed E-state index contributed by atoms with van der Waals surface area (Å²) >= 11 is 0. The SMILES string of the molecule is C=CCN(C[C@@H]1CCCO1)C[C@@H]1CCCO1. The minimum absolute atomic E-state index is 0.432. The van der Waals surface area contributed by atoms with Crippen LogP contribution in [0.3, 0.4) is 0 Å². The zero-order chi connectivity index (χ0) is 11.2. The average molecular weight is 225 g/mol. The highest BCUT2D eigenvalue weighted by Crippen LogP contribution is 2.17. The van der Waals surface area contributed by atoms with Crippen LogP contribution in [-0.2, 0) is 9.47 Å². The van der Waals surface area contributed by atoms with Gasteiger partial charge in [-0.3, -0.25) is 4.90 Å². The highest BCUT2D eigenvalue weighted by Gasteiger charge is 2.22. The predicted octanol–water partition coefficient (Wildman–Crippen LogP) is 1.83. The van der Waals surface area contributed by atoms with Crippen molar-refractivity contribution < 1.29 is 9.47 Å². The molecular weight excluding hydrogens is 202 g/mol. The summed E-state index contributed by atoms with van der Waals surface area (Å²) < 4.78 is 11.4. The van der Waals surface area contributed by atoms with Crippen molar-refractivity contribution in [2.45, 2.75) is 37.9 Å². The third-order valence-electron chi connectivity index (χ3n) is 3.36. The molecule has 2 rings (SSSR count). The largest absolute Gasteiger partial charge is 0.377 e. The molecular formula is C13H23NO2. The van der Waals surface area contributed by atoms with Crippen LogP contribution in [0, 0.1) is 0 Å². The first-order valence-electron chi connectivity index (χ1n) is 6.45. The van der Waals surface area contributed by atoms with E-state index in [1.165, 1.54) is 25.7 Å². The molecule has 0 amide bonds. The molecule has 0 aromatic rings. The Morgan fingerprint density at radius 1 is 1.06 bits per heavy atom. The van der Waals surface area contributed by atoms with Crippen molar-refractivity contribution in [3.63, 3.8) is 0 Å². The van der Waals surface area contributed by atoms with Crippen molar-refractivity contribution in [3.05, 3.63) is 12.7 Å². The molecule has 3 nitrogen and oxygen atoms in total. The molecule has 0 bridgehead atoms. The molecule has 2 atom stereocenters. The van der Waals surface area contributed by atoms with Crippen LogP contribution in [0.4, 0.5) is 0 Å². The minimum Gasteiger partial charge on any atom is -0.377 e. The molecule has 0 unspecified atom stereocenters. The van der Waals surface area contributed by atoms with Gasteiger partial charge in [-0.25, -0.2) is 0 Å². The lowest BCUT2D eigenvalue weighted by Gasteiger charge is -2.26. The summed E-state index contributed by atoms with van der Waals surface area (Å²) in [5, 5.41) is 0.